The van der Waals surface area contributed by atoms with Crippen molar-refractivity contribution < 1.29 is 8.42 Å². The summed E-state index contributed by atoms with van der Waals surface area (Å²) >= 11 is 0. The summed E-state index contributed by atoms with van der Waals surface area (Å²) < 4.78 is 27.7. The molecule has 2 heterocycles. The van der Waals surface area contributed by atoms with Crippen LogP contribution in [0.25, 0.3) is 21.8 Å². The number of aromatic amines is 2. The molecule has 4 rings (SSSR count). The number of pyridine rings is 1. The normalized spacial score (nSPS) is 11.8. The maximum Gasteiger partial charge on any atom is 0.272 e. The maximum absolute atomic E-state index is 12.6. The predicted octanol–water partition coefficient (Wildman–Crippen LogP) is 2.81. The third-order valence-electron chi connectivity index (χ3n) is 3.84. The Morgan fingerprint density at radius 1 is 0.917 bits per heavy atom. The van der Waals surface area contributed by atoms with Crippen LogP contribution in [0.1, 0.15) is 0 Å². The van der Waals surface area contributed by atoms with Crippen molar-refractivity contribution in [3.05, 3.63) is 71.1 Å². The van der Waals surface area contributed by atoms with Gasteiger partial charge in [0.1, 0.15) is 5.52 Å². The third kappa shape index (κ3) is 2.35. The summed E-state index contributed by atoms with van der Waals surface area (Å²) in [4.78, 5) is 17.6. The van der Waals surface area contributed by atoms with E-state index in [1.165, 1.54) is 6.07 Å². The fourth-order valence-electron chi connectivity index (χ4n) is 2.70. The number of hydrogen-bond acceptors (Lipinski definition) is 3. The van der Waals surface area contributed by atoms with Crippen molar-refractivity contribution in [1.82, 2.24) is 9.97 Å². The Labute approximate surface area is 137 Å². The molecule has 120 valence electrons. The van der Waals surface area contributed by atoms with Crippen molar-refractivity contribution in [3.63, 3.8) is 0 Å². The zero-order chi connectivity index (χ0) is 16.7. The second kappa shape index (κ2) is 5.24. The topological polar surface area (TPSA) is 94.8 Å². The Kier molecular flexibility index (Phi) is 3.17. The highest BCUT2D eigenvalue weighted by molar-refractivity contribution is 7.92. The third-order valence-corrected chi connectivity index (χ3v) is 5.22. The molecule has 0 aliphatic heterocycles. The molecule has 24 heavy (non-hydrogen) atoms. The minimum atomic E-state index is -3.71. The number of sulfonamides is 1. The Hall–Kier alpha value is -3.06. The van der Waals surface area contributed by atoms with Crippen molar-refractivity contribution in [2.45, 2.75) is 4.90 Å². The van der Waals surface area contributed by atoms with Crippen LogP contribution in [0.4, 0.5) is 5.69 Å². The molecule has 0 bridgehead atoms. The van der Waals surface area contributed by atoms with Gasteiger partial charge in [-0.05, 0) is 36.4 Å². The van der Waals surface area contributed by atoms with E-state index in [4.69, 9.17) is 0 Å². The lowest BCUT2D eigenvalue weighted by atomic mass is 10.2. The zero-order valence-corrected chi connectivity index (χ0v) is 13.2. The molecule has 7 heteroatoms. The van der Waals surface area contributed by atoms with E-state index in [9.17, 15) is 13.2 Å². The van der Waals surface area contributed by atoms with Crippen molar-refractivity contribution >= 4 is 37.5 Å². The van der Waals surface area contributed by atoms with E-state index in [1.54, 1.807) is 48.7 Å². The van der Waals surface area contributed by atoms with Gasteiger partial charge in [0.05, 0.1) is 4.90 Å². The molecule has 0 radical (unpaired) electrons. The first-order valence-corrected chi connectivity index (χ1v) is 8.74. The SMILES string of the molecule is O=c1[nH]ccc2c1[nH]c1ccc(S(=O)(=O)Nc3ccccc3)cc12. The summed E-state index contributed by atoms with van der Waals surface area (Å²) in [5.74, 6) is 0. The van der Waals surface area contributed by atoms with Crippen LogP contribution >= 0.6 is 0 Å². The first-order chi connectivity index (χ1) is 11.5. The fourth-order valence-corrected chi connectivity index (χ4v) is 3.79. The number of fused-ring (bicyclic) bond motifs is 3. The molecule has 4 aromatic rings. The Balaban J connectivity index is 1.87. The summed E-state index contributed by atoms with van der Waals surface area (Å²) in [6.45, 7) is 0. The number of rotatable bonds is 3. The number of aromatic nitrogens is 2. The van der Waals surface area contributed by atoms with Gasteiger partial charge in [0.25, 0.3) is 15.6 Å². The van der Waals surface area contributed by atoms with E-state index >= 15 is 0 Å². The van der Waals surface area contributed by atoms with Crippen LogP contribution in [-0.2, 0) is 10.0 Å². The van der Waals surface area contributed by atoms with Crippen molar-refractivity contribution in [3.8, 4) is 0 Å². The van der Waals surface area contributed by atoms with Gasteiger partial charge in [0, 0.05) is 28.2 Å². The molecule has 6 nitrogen and oxygen atoms in total. The van der Waals surface area contributed by atoms with Crippen LogP contribution < -0.4 is 10.3 Å². The van der Waals surface area contributed by atoms with E-state index in [2.05, 4.69) is 14.7 Å². The molecular formula is C17H13N3O3S. The minimum Gasteiger partial charge on any atom is -0.350 e. The largest absolute Gasteiger partial charge is 0.350 e. The lowest BCUT2D eigenvalue weighted by Gasteiger charge is -2.08. The van der Waals surface area contributed by atoms with Gasteiger partial charge in [-0.3, -0.25) is 9.52 Å². The number of nitrogens with one attached hydrogen (secondary N) is 3. The highest BCUT2D eigenvalue weighted by Crippen LogP contribution is 2.26. The minimum absolute atomic E-state index is 0.139. The van der Waals surface area contributed by atoms with Gasteiger partial charge in [-0.25, -0.2) is 8.42 Å². The van der Waals surface area contributed by atoms with Crippen LogP contribution in [0.3, 0.4) is 0 Å². The summed E-state index contributed by atoms with van der Waals surface area (Å²) in [7, 11) is -3.71. The lowest BCUT2D eigenvalue weighted by Crippen LogP contribution is -2.12. The average Bonchev–Trinajstić information content (AvgIpc) is 2.95. The molecule has 2 aromatic carbocycles. The van der Waals surface area contributed by atoms with E-state index in [0.29, 0.717) is 27.5 Å². The van der Waals surface area contributed by atoms with E-state index < -0.39 is 10.0 Å². The molecule has 0 saturated heterocycles. The van der Waals surface area contributed by atoms with Crippen LogP contribution in [0.5, 0.6) is 0 Å². The molecule has 3 N–H and O–H groups in total. The Morgan fingerprint density at radius 3 is 2.50 bits per heavy atom. The Bertz CT molecular complexity index is 1210. The van der Waals surface area contributed by atoms with Gasteiger partial charge in [0.15, 0.2) is 0 Å². The molecule has 0 aliphatic rings. The summed E-state index contributed by atoms with van der Waals surface area (Å²) in [5, 5.41) is 1.37. The molecule has 0 fully saturated rings. The van der Waals surface area contributed by atoms with Crippen LogP contribution in [0, 0.1) is 0 Å². The molecule has 0 saturated carbocycles. The van der Waals surface area contributed by atoms with Gasteiger partial charge in [0.2, 0.25) is 0 Å². The predicted molar refractivity (Wildman–Crippen MR) is 93.7 cm³/mol. The van der Waals surface area contributed by atoms with Gasteiger partial charge in [-0.15, -0.1) is 0 Å². The highest BCUT2D eigenvalue weighted by atomic mass is 32.2. The van der Waals surface area contributed by atoms with Gasteiger partial charge in [-0.1, -0.05) is 18.2 Å². The molecule has 0 aliphatic carbocycles. The second-order valence-corrected chi connectivity index (χ2v) is 7.08. The van der Waals surface area contributed by atoms with Gasteiger partial charge >= 0.3 is 0 Å². The molecule has 0 spiro atoms. The second-order valence-electron chi connectivity index (χ2n) is 5.40. The maximum atomic E-state index is 12.6. The van der Waals surface area contributed by atoms with E-state index in [1.807, 2.05) is 6.07 Å². The van der Waals surface area contributed by atoms with Crippen molar-refractivity contribution in [1.29, 1.82) is 0 Å². The number of H-pyrrole nitrogens is 2. The quantitative estimate of drug-likeness (QED) is 0.535. The number of anilines is 1. The molecular weight excluding hydrogens is 326 g/mol. The standard InChI is InChI=1S/C17H13N3O3S/c21-17-16-13(8-9-18-17)14-10-12(6-7-15(14)19-16)24(22,23)20-11-4-2-1-3-5-11/h1-10,19-20H,(H,18,21). The van der Waals surface area contributed by atoms with Crippen molar-refractivity contribution in [2.75, 3.05) is 4.72 Å². The van der Waals surface area contributed by atoms with E-state index in [0.717, 1.165) is 0 Å². The lowest BCUT2D eigenvalue weighted by molar-refractivity contribution is 0.601. The monoisotopic (exact) mass is 339 g/mol. The zero-order valence-electron chi connectivity index (χ0n) is 12.4. The van der Waals surface area contributed by atoms with Crippen molar-refractivity contribution in [2.24, 2.45) is 0 Å². The molecule has 2 aromatic heterocycles. The Morgan fingerprint density at radius 2 is 1.71 bits per heavy atom. The summed E-state index contributed by atoms with van der Waals surface area (Å²) in [6, 6.07) is 15.2. The molecule has 0 atom stereocenters. The van der Waals surface area contributed by atoms with Gasteiger partial charge in [-0.2, -0.15) is 0 Å². The van der Waals surface area contributed by atoms with E-state index in [-0.39, 0.29) is 10.5 Å². The van der Waals surface area contributed by atoms with Gasteiger partial charge < -0.3 is 9.97 Å². The summed E-state index contributed by atoms with van der Waals surface area (Å²) in [6.07, 6.45) is 1.54. The average molecular weight is 339 g/mol. The van der Waals surface area contributed by atoms with Crippen LogP contribution in [-0.4, -0.2) is 18.4 Å². The smallest absolute Gasteiger partial charge is 0.272 e. The number of hydrogen-bond donors (Lipinski definition) is 3. The highest BCUT2D eigenvalue weighted by Gasteiger charge is 2.16. The summed E-state index contributed by atoms with van der Waals surface area (Å²) in [5.41, 5.74) is 1.39. The molecule has 0 unspecified atom stereocenters. The van der Waals surface area contributed by atoms with Crippen LogP contribution in [0.2, 0.25) is 0 Å². The number of para-hydroxylation sites is 1. The first kappa shape index (κ1) is 14.5. The first-order valence-electron chi connectivity index (χ1n) is 7.26. The fraction of sp³-hybridized carbons (Fsp3) is 0. The number of benzene rings is 2. The van der Waals surface area contributed by atoms with Crippen LogP contribution in [0.15, 0.2) is 70.5 Å². The molecule has 0 amide bonds.